The summed E-state index contributed by atoms with van der Waals surface area (Å²) >= 11 is 0. The van der Waals surface area contributed by atoms with E-state index in [0.717, 1.165) is 23.9 Å². The molecule has 82 valence electrons. The molecule has 1 amide bonds. The molecule has 2 heterocycles. The number of fused-ring (bicyclic) bond motifs is 1. The van der Waals surface area contributed by atoms with Gasteiger partial charge in [-0.2, -0.15) is 0 Å². The second-order valence-electron chi connectivity index (χ2n) is 3.99. The van der Waals surface area contributed by atoms with E-state index in [9.17, 15) is 4.79 Å². The van der Waals surface area contributed by atoms with E-state index in [-0.39, 0.29) is 0 Å². The topological polar surface area (TPSA) is 90.9 Å². The number of nitrogens with one attached hydrogen (secondary N) is 2. The van der Waals surface area contributed by atoms with Gasteiger partial charge in [0.15, 0.2) is 0 Å². The molecule has 2 aromatic rings. The minimum atomic E-state index is -1.02. The first-order chi connectivity index (χ1) is 7.70. The van der Waals surface area contributed by atoms with Crippen LogP contribution in [0.4, 0.5) is 4.79 Å². The van der Waals surface area contributed by atoms with Gasteiger partial charge >= 0.3 is 6.09 Å². The Labute approximate surface area is 90.7 Å². The third-order valence-corrected chi connectivity index (χ3v) is 2.83. The highest BCUT2D eigenvalue weighted by Gasteiger charge is 2.48. The summed E-state index contributed by atoms with van der Waals surface area (Å²) in [5.74, 6) is 0.679. The number of aromatic amines is 1. The number of rotatable bonds is 2. The van der Waals surface area contributed by atoms with Gasteiger partial charge in [-0.3, -0.25) is 4.98 Å². The van der Waals surface area contributed by atoms with E-state index in [2.05, 4.69) is 20.3 Å². The predicted octanol–water partition coefficient (Wildman–Crippen LogP) is 1.21. The first-order valence-electron chi connectivity index (χ1n) is 5.01. The first kappa shape index (κ1) is 9.14. The van der Waals surface area contributed by atoms with E-state index < -0.39 is 11.6 Å². The summed E-state index contributed by atoms with van der Waals surface area (Å²) in [6.07, 6.45) is 3.90. The molecule has 0 radical (unpaired) electrons. The van der Waals surface area contributed by atoms with Crippen LogP contribution in [0.1, 0.15) is 18.7 Å². The Morgan fingerprint density at radius 2 is 2.38 bits per heavy atom. The van der Waals surface area contributed by atoms with Crippen LogP contribution in [0.25, 0.3) is 11.0 Å². The molecule has 16 heavy (non-hydrogen) atoms. The fourth-order valence-corrected chi connectivity index (χ4v) is 1.83. The van der Waals surface area contributed by atoms with Crippen LogP contribution in [0.5, 0.6) is 0 Å². The van der Waals surface area contributed by atoms with Crippen molar-refractivity contribution in [2.45, 2.75) is 18.4 Å². The van der Waals surface area contributed by atoms with Crippen LogP contribution in [-0.2, 0) is 5.54 Å². The average molecular weight is 218 g/mol. The number of aromatic nitrogens is 3. The molecule has 0 unspecified atom stereocenters. The Hall–Kier alpha value is -2.11. The van der Waals surface area contributed by atoms with Crippen molar-refractivity contribution < 1.29 is 9.90 Å². The smallest absolute Gasteiger partial charge is 0.405 e. The van der Waals surface area contributed by atoms with Crippen molar-refractivity contribution in [3.8, 4) is 0 Å². The normalized spacial score (nSPS) is 17.2. The van der Waals surface area contributed by atoms with Gasteiger partial charge in [-0.05, 0) is 18.9 Å². The highest BCUT2D eigenvalue weighted by atomic mass is 16.4. The molecule has 2 aromatic heterocycles. The van der Waals surface area contributed by atoms with Crippen LogP contribution in [0.15, 0.2) is 18.5 Å². The molecule has 0 bridgehead atoms. The summed E-state index contributed by atoms with van der Waals surface area (Å²) in [5, 5.41) is 11.3. The number of hydrogen-bond acceptors (Lipinski definition) is 3. The number of hydrogen-bond donors (Lipinski definition) is 3. The fraction of sp³-hybridized carbons (Fsp3) is 0.300. The van der Waals surface area contributed by atoms with E-state index >= 15 is 0 Å². The number of carboxylic acid groups (broad SMARTS) is 1. The van der Waals surface area contributed by atoms with Gasteiger partial charge < -0.3 is 15.4 Å². The lowest BCUT2D eigenvalue weighted by Crippen LogP contribution is -2.34. The van der Waals surface area contributed by atoms with Crippen molar-refractivity contribution in [2.75, 3.05) is 0 Å². The summed E-state index contributed by atoms with van der Waals surface area (Å²) in [6, 6.07) is 1.80. The third kappa shape index (κ3) is 1.30. The van der Waals surface area contributed by atoms with Gasteiger partial charge in [-0.15, -0.1) is 0 Å². The maximum atomic E-state index is 10.7. The maximum Gasteiger partial charge on any atom is 0.405 e. The van der Waals surface area contributed by atoms with Crippen LogP contribution < -0.4 is 5.32 Å². The van der Waals surface area contributed by atoms with E-state index in [1.54, 1.807) is 18.5 Å². The maximum absolute atomic E-state index is 10.7. The zero-order valence-corrected chi connectivity index (χ0v) is 8.40. The number of imidazole rings is 1. The highest BCUT2D eigenvalue weighted by Crippen LogP contribution is 2.44. The van der Waals surface area contributed by atoms with Crippen LogP contribution >= 0.6 is 0 Å². The van der Waals surface area contributed by atoms with Crippen molar-refractivity contribution in [1.82, 2.24) is 20.3 Å². The molecule has 0 aromatic carbocycles. The molecule has 3 N–H and O–H groups in total. The monoisotopic (exact) mass is 218 g/mol. The van der Waals surface area contributed by atoms with Crippen LogP contribution in [0.3, 0.4) is 0 Å². The Kier molecular flexibility index (Phi) is 1.68. The number of pyridine rings is 1. The van der Waals surface area contributed by atoms with Crippen molar-refractivity contribution in [2.24, 2.45) is 0 Å². The number of nitrogens with zero attached hydrogens (tertiary/aromatic N) is 2. The van der Waals surface area contributed by atoms with Gasteiger partial charge in [0, 0.05) is 6.20 Å². The van der Waals surface area contributed by atoms with Gasteiger partial charge in [0.25, 0.3) is 0 Å². The molecule has 0 atom stereocenters. The molecule has 1 fully saturated rings. The summed E-state index contributed by atoms with van der Waals surface area (Å²) in [7, 11) is 0. The molecule has 0 aliphatic heterocycles. The quantitative estimate of drug-likeness (QED) is 0.706. The molecule has 0 saturated heterocycles. The third-order valence-electron chi connectivity index (χ3n) is 2.83. The Balaban J connectivity index is 2.03. The van der Waals surface area contributed by atoms with E-state index in [1.807, 2.05) is 0 Å². The second kappa shape index (κ2) is 2.94. The summed E-state index contributed by atoms with van der Waals surface area (Å²) < 4.78 is 0. The number of H-pyrrole nitrogens is 1. The number of amides is 1. The van der Waals surface area contributed by atoms with E-state index in [4.69, 9.17) is 5.11 Å². The largest absolute Gasteiger partial charge is 0.465 e. The molecule has 3 rings (SSSR count). The predicted molar refractivity (Wildman–Crippen MR) is 56.0 cm³/mol. The Morgan fingerprint density at radius 3 is 3.00 bits per heavy atom. The molecular formula is C10H10N4O2. The first-order valence-corrected chi connectivity index (χ1v) is 5.01. The minimum Gasteiger partial charge on any atom is -0.465 e. The van der Waals surface area contributed by atoms with Gasteiger partial charge in [0.2, 0.25) is 0 Å². The van der Waals surface area contributed by atoms with Crippen LogP contribution in [0.2, 0.25) is 0 Å². The van der Waals surface area contributed by atoms with Gasteiger partial charge in [-0.1, -0.05) is 0 Å². The standard InChI is InChI=1S/C10H10N4O2/c15-9(16)14-10(2-3-10)8-12-6-1-4-11-5-7(6)13-8/h1,4-5,14H,2-3H2,(H,12,13)(H,15,16). The molecule has 6 nitrogen and oxygen atoms in total. The lowest BCUT2D eigenvalue weighted by Gasteiger charge is -2.11. The van der Waals surface area contributed by atoms with Crippen LogP contribution in [0, 0.1) is 0 Å². The summed E-state index contributed by atoms with van der Waals surface area (Å²) in [5.41, 5.74) is 1.13. The zero-order chi connectivity index (χ0) is 11.2. The summed E-state index contributed by atoms with van der Waals surface area (Å²) in [4.78, 5) is 22.1. The lowest BCUT2D eigenvalue weighted by atomic mass is 10.2. The molecule has 1 aliphatic carbocycles. The summed E-state index contributed by atoms with van der Waals surface area (Å²) in [6.45, 7) is 0. The van der Waals surface area contributed by atoms with Crippen molar-refractivity contribution >= 4 is 17.1 Å². The van der Waals surface area contributed by atoms with Gasteiger partial charge in [0.1, 0.15) is 11.4 Å². The van der Waals surface area contributed by atoms with Gasteiger partial charge in [0.05, 0.1) is 17.2 Å². The lowest BCUT2D eigenvalue weighted by molar-refractivity contribution is 0.187. The zero-order valence-electron chi connectivity index (χ0n) is 8.40. The van der Waals surface area contributed by atoms with Crippen molar-refractivity contribution in [3.63, 3.8) is 0 Å². The highest BCUT2D eigenvalue weighted by molar-refractivity contribution is 5.74. The molecular weight excluding hydrogens is 208 g/mol. The Bertz CT molecular complexity index is 526. The van der Waals surface area contributed by atoms with E-state index in [0.29, 0.717) is 5.82 Å². The molecule has 0 spiro atoms. The van der Waals surface area contributed by atoms with Crippen molar-refractivity contribution in [1.29, 1.82) is 0 Å². The van der Waals surface area contributed by atoms with Gasteiger partial charge in [-0.25, -0.2) is 9.78 Å². The average Bonchev–Trinajstić information content (AvgIpc) is 2.89. The SMILES string of the molecule is O=C(O)NC1(c2nc3ccncc3[nH]2)CC1. The molecule has 1 aliphatic rings. The molecule has 1 saturated carbocycles. The van der Waals surface area contributed by atoms with Crippen molar-refractivity contribution in [3.05, 3.63) is 24.3 Å². The number of carbonyl (C=O) groups is 1. The van der Waals surface area contributed by atoms with Crippen LogP contribution in [-0.4, -0.2) is 26.2 Å². The molecule has 6 heteroatoms. The van der Waals surface area contributed by atoms with E-state index in [1.165, 1.54) is 0 Å². The second-order valence-corrected chi connectivity index (χ2v) is 3.99. The minimum absolute atomic E-state index is 0.509. The fourth-order valence-electron chi connectivity index (χ4n) is 1.83. The Morgan fingerprint density at radius 1 is 1.56 bits per heavy atom.